The average Bonchev–Trinajstić information content (AvgIpc) is 3.43. The number of nitrogens with zero attached hydrogens (tertiary/aromatic N) is 2. The fourth-order valence-electron chi connectivity index (χ4n) is 3.57. The molecule has 2 aromatic carbocycles. The van der Waals surface area contributed by atoms with E-state index in [1.165, 1.54) is 5.56 Å². The van der Waals surface area contributed by atoms with E-state index in [0.29, 0.717) is 13.0 Å². The number of aryl methyl sites for hydroxylation is 2. The molecule has 7 nitrogen and oxygen atoms in total. The van der Waals surface area contributed by atoms with E-state index in [9.17, 15) is 8.42 Å². The lowest BCUT2D eigenvalue weighted by Crippen LogP contribution is -2.37. The van der Waals surface area contributed by atoms with Gasteiger partial charge in [0.05, 0.1) is 31.0 Å². The summed E-state index contributed by atoms with van der Waals surface area (Å²) in [5, 5.41) is 0. The van der Waals surface area contributed by atoms with Crippen molar-refractivity contribution in [2.45, 2.75) is 43.1 Å². The molecule has 0 saturated carbocycles. The van der Waals surface area contributed by atoms with Crippen LogP contribution in [0.4, 0.5) is 0 Å². The lowest BCUT2D eigenvalue weighted by Gasteiger charge is -2.28. The third-order valence-electron chi connectivity index (χ3n) is 5.25. The second-order valence-corrected chi connectivity index (χ2v) is 9.35. The standard InChI is InChI=1S/C23H26N2O5S/c1-19-7-9-22(10-8-19)31(26,27)29-16-21-15-28-23(30-21,17-25-14-13-24-18-25)12-11-20-5-3-2-4-6-20/h2-10,13-14,18,21H,11-12,15-17H2,1H3. The van der Waals surface area contributed by atoms with Gasteiger partial charge in [0.2, 0.25) is 0 Å². The van der Waals surface area contributed by atoms with Crippen LogP contribution in [0.15, 0.2) is 78.2 Å². The van der Waals surface area contributed by atoms with Gasteiger partial charge in [0.25, 0.3) is 10.1 Å². The van der Waals surface area contributed by atoms with Crippen LogP contribution >= 0.6 is 0 Å². The number of imidazole rings is 1. The predicted octanol–water partition coefficient (Wildman–Crippen LogP) is 3.34. The zero-order chi connectivity index (χ0) is 21.7. The molecule has 0 radical (unpaired) electrons. The Bertz CT molecular complexity index is 1070. The van der Waals surface area contributed by atoms with Crippen LogP contribution in [0.3, 0.4) is 0 Å². The SMILES string of the molecule is Cc1ccc(S(=O)(=O)OCC2COC(CCc3ccccc3)(Cn3ccnc3)O2)cc1. The molecule has 1 aliphatic heterocycles. The van der Waals surface area contributed by atoms with Crippen molar-refractivity contribution in [3.63, 3.8) is 0 Å². The Morgan fingerprint density at radius 2 is 1.94 bits per heavy atom. The van der Waals surface area contributed by atoms with Crippen LogP contribution in [0.1, 0.15) is 17.5 Å². The van der Waals surface area contributed by atoms with E-state index in [-0.39, 0.29) is 18.1 Å². The van der Waals surface area contributed by atoms with Crippen LogP contribution in [0.5, 0.6) is 0 Å². The van der Waals surface area contributed by atoms with Gasteiger partial charge >= 0.3 is 0 Å². The second kappa shape index (κ2) is 9.32. The molecule has 8 heteroatoms. The third kappa shape index (κ3) is 5.59. The molecule has 0 spiro atoms. The molecule has 4 rings (SSSR count). The van der Waals surface area contributed by atoms with Gasteiger partial charge in [-0.3, -0.25) is 4.18 Å². The van der Waals surface area contributed by atoms with Crippen molar-refractivity contribution in [2.24, 2.45) is 0 Å². The van der Waals surface area contributed by atoms with E-state index < -0.39 is 22.0 Å². The number of benzene rings is 2. The van der Waals surface area contributed by atoms with Gasteiger partial charge in [-0.1, -0.05) is 48.0 Å². The molecule has 0 amide bonds. The van der Waals surface area contributed by atoms with E-state index >= 15 is 0 Å². The van der Waals surface area contributed by atoms with Crippen molar-refractivity contribution in [1.29, 1.82) is 0 Å². The largest absolute Gasteiger partial charge is 0.345 e. The minimum atomic E-state index is -3.86. The topological polar surface area (TPSA) is 79.7 Å². The summed E-state index contributed by atoms with van der Waals surface area (Å²) in [6, 6.07) is 16.7. The molecule has 0 N–H and O–H groups in total. The van der Waals surface area contributed by atoms with Crippen LogP contribution < -0.4 is 0 Å². The van der Waals surface area contributed by atoms with Crippen LogP contribution in [0.25, 0.3) is 0 Å². The van der Waals surface area contributed by atoms with Gasteiger partial charge in [0.1, 0.15) is 6.10 Å². The highest BCUT2D eigenvalue weighted by Crippen LogP contribution is 2.31. The van der Waals surface area contributed by atoms with Crippen molar-refractivity contribution >= 4 is 10.1 Å². The fraction of sp³-hybridized carbons (Fsp3) is 0.348. The maximum absolute atomic E-state index is 12.5. The number of aromatic nitrogens is 2. The molecule has 3 aromatic rings. The Labute approximate surface area is 182 Å². The second-order valence-electron chi connectivity index (χ2n) is 7.73. The van der Waals surface area contributed by atoms with Gasteiger partial charge in [-0.15, -0.1) is 0 Å². The van der Waals surface area contributed by atoms with Gasteiger partial charge in [0, 0.05) is 18.8 Å². The van der Waals surface area contributed by atoms with Gasteiger partial charge in [-0.25, -0.2) is 4.98 Å². The van der Waals surface area contributed by atoms with Crippen LogP contribution in [0.2, 0.25) is 0 Å². The summed E-state index contributed by atoms with van der Waals surface area (Å²) in [6.45, 7) is 2.51. The zero-order valence-electron chi connectivity index (χ0n) is 17.4. The van der Waals surface area contributed by atoms with E-state index in [0.717, 1.165) is 12.0 Å². The number of hydrogen-bond acceptors (Lipinski definition) is 6. The first-order chi connectivity index (χ1) is 14.9. The Morgan fingerprint density at radius 3 is 2.65 bits per heavy atom. The summed E-state index contributed by atoms with van der Waals surface area (Å²) in [5.41, 5.74) is 2.16. The average molecular weight is 443 g/mol. The molecule has 1 aliphatic rings. The molecule has 1 saturated heterocycles. The summed E-state index contributed by atoms with van der Waals surface area (Å²) in [6.07, 6.45) is 6.17. The van der Waals surface area contributed by atoms with Crippen molar-refractivity contribution in [1.82, 2.24) is 9.55 Å². The first-order valence-electron chi connectivity index (χ1n) is 10.2. The monoisotopic (exact) mass is 442 g/mol. The van der Waals surface area contributed by atoms with Crippen molar-refractivity contribution in [3.8, 4) is 0 Å². The number of hydrogen-bond donors (Lipinski definition) is 0. The third-order valence-corrected chi connectivity index (χ3v) is 6.55. The van der Waals surface area contributed by atoms with Crippen LogP contribution in [-0.2, 0) is 36.7 Å². The van der Waals surface area contributed by atoms with Crippen LogP contribution in [0, 0.1) is 6.92 Å². The first-order valence-corrected chi connectivity index (χ1v) is 11.6. The predicted molar refractivity (Wildman–Crippen MR) is 115 cm³/mol. The minimum absolute atomic E-state index is 0.104. The lowest BCUT2D eigenvalue weighted by molar-refractivity contribution is -0.184. The highest BCUT2D eigenvalue weighted by molar-refractivity contribution is 7.86. The van der Waals surface area contributed by atoms with E-state index in [1.54, 1.807) is 36.8 Å². The summed E-state index contributed by atoms with van der Waals surface area (Å²) >= 11 is 0. The van der Waals surface area contributed by atoms with E-state index in [1.807, 2.05) is 35.9 Å². The van der Waals surface area contributed by atoms with Gasteiger partial charge in [-0.05, 0) is 31.0 Å². The highest BCUT2D eigenvalue weighted by Gasteiger charge is 2.42. The summed E-state index contributed by atoms with van der Waals surface area (Å²) in [7, 11) is -3.86. The molecule has 2 unspecified atom stereocenters. The number of rotatable bonds is 9. The molecule has 1 fully saturated rings. The molecule has 0 bridgehead atoms. The van der Waals surface area contributed by atoms with Crippen molar-refractivity contribution in [3.05, 3.63) is 84.4 Å². The molecule has 2 heterocycles. The van der Waals surface area contributed by atoms with Gasteiger partial charge < -0.3 is 14.0 Å². The Kier molecular flexibility index (Phi) is 6.52. The molecular formula is C23H26N2O5S. The summed E-state index contributed by atoms with van der Waals surface area (Å²) < 4.78 is 44.5. The summed E-state index contributed by atoms with van der Waals surface area (Å²) in [4.78, 5) is 4.22. The van der Waals surface area contributed by atoms with Crippen molar-refractivity contribution in [2.75, 3.05) is 13.2 Å². The van der Waals surface area contributed by atoms with E-state index in [4.69, 9.17) is 13.7 Å². The highest BCUT2D eigenvalue weighted by atomic mass is 32.2. The van der Waals surface area contributed by atoms with Gasteiger partial charge in [0.15, 0.2) is 5.79 Å². The zero-order valence-corrected chi connectivity index (χ0v) is 18.2. The van der Waals surface area contributed by atoms with Crippen molar-refractivity contribution < 1.29 is 22.1 Å². The molecule has 1 aromatic heterocycles. The molecule has 0 aliphatic carbocycles. The quantitative estimate of drug-likeness (QED) is 0.473. The minimum Gasteiger partial charge on any atom is -0.345 e. The Hall–Kier alpha value is -2.52. The lowest BCUT2D eigenvalue weighted by atomic mass is 10.0. The normalized spacial score (nSPS) is 21.4. The van der Waals surface area contributed by atoms with Gasteiger partial charge in [-0.2, -0.15) is 8.42 Å². The van der Waals surface area contributed by atoms with E-state index in [2.05, 4.69) is 17.1 Å². The first kappa shape index (κ1) is 21.7. The van der Waals surface area contributed by atoms with Crippen LogP contribution in [-0.4, -0.2) is 43.1 Å². The maximum atomic E-state index is 12.5. The molecule has 31 heavy (non-hydrogen) atoms. The molecule has 2 atom stereocenters. The summed E-state index contributed by atoms with van der Waals surface area (Å²) in [5.74, 6) is -0.877. The Balaban J connectivity index is 1.41. The molecule has 164 valence electrons. The smallest absolute Gasteiger partial charge is 0.297 e. The molecular weight excluding hydrogens is 416 g/mol. The maximum Gasteiger partial charge on any atom is 0.297 e. The number of ether oxygens (including phenoxy) is 2. The Morgan fingerprint density at radius 1 is 1.16 bits per heavy atom. The fourth-order valence-corrected chi connectivity index (χ4v) is 4.50.